The lowest BCUT2D eigenvalue weighted by molar-refractivity contribution is -0.387. The van der Waals surface area contributed by atoms with Gasteiger partial charge in [0.05, 0.1) is 15.9 Å². The summed E-state index contributed by atoms with van der Waals surface area (Å²) in [7, 11) is 0. The van der Waals surface area contributed by atoms with Gasteiger partial charge >= 0.3 is 0 Å². The predicted molar refractivity (Wildman–Crippen MR) is 110 cm³/mol. The summed E-state index contributed by atoms with van der Waals surface area (Å²) in [5.74, 6) is -0.151. The molecule has 1 aliphatic heterocycles. The van der Waals surface area contributed by atoms with Crippen LogP contribution in [0, 0.1) is 21.8 Å². The number of nitro groups is 1. The molecule has 29 heavy (non-hydrogen) atoms. The maximum atomic E-state index is 14.5. The van der Waals surface area contributed by atoms with Gasteiger partial charge in [0, 0.05) is 35.9 Å². The van der Waals surface area contributed by atoms with E-state index in [1.807, 2.05) is 6.07 Å². The number of halogens is 1. The Balaban J connectivity index is 1.47. The van der Waals surface area contributed by atoms with E-state index in [1.54, 1.807) is 30.3 Å². The summed E-state index contributed by atoms with van der Waals surface area (Å²) < 4.78 is 14.5. The van der Waals surface area contributed by atoms with Crippen molar-refractivity contribution < 1.29 is 14.1 Å². The van der Waals surface area contributed by atoms with Gasteiger partial charge in [-0.3, -0.25) is 19.8 Å². The molecule has 1 atom stereocenters. The summed E-state index contributed by atoms with van der Waals surface area (Å²) in [4.78, 5) is 26.6. The molecule has 0 bridgehead atoms. The highest BCUT2D eigenvalue weighted by Gasteiger charge is 2.40. The maximum Gasteiger partial charge on any atom is 0.282 e. The van der Waals surface area contributed by atoms with Crippen LogP contribution in [-0.4, -0.2) is 33.9 Å². The van der Waals surface area contributed by atoms with Crippen molar-refractivity contribution >= 4 is 23.2 Å². The molecule has 0 radical (unpaired) electrons. The zero-order valence-corrected chi connectivity index (χ0v) is 16.8. The number of ketones is 1. The van der Waals surface area contributed by atoms with Gasteiger partial charge < -0.3 is 0 Å². The average molecular weight is 415 g/mol. The molecular weight excluding hydrogens is 391 g/mol. The van der Waals surface area contributed by atoms with Crippen LogP contribution in [0.2, 0.25) is 0 Å². The quantitative estimate of drug-likeness (QED) is 0.471. The van der Waals surface area contributed by atoms with E-state index in [0.717, 1.165) is 25.7 Å². The molecule has 0 amide bonds. The van der Waals surface area contributed by atoms with Crippen LogP contribution >= 0.6 is 11.8 Å². The molecule has 5 nitrogen and oxygen atoms in total. The first-order valence-electron chi connectivity index (χ1n) is 9.97. The number of carbonyl (C=O) groups is 1. The number of benzene rings is 2. The molecule has 0 N–H and O–H groups in total. The summed E-state index contributed by atoms with van der Waals surface area (Å²) in [5.41, 5.74) is 0.599. The van der Waals surface area contributed by atoms with Crippen molar-refractivity contribution in [1.82, 2.24) is 4.90 Å². The molecule has 1 heterocycles. The number of carbonyl (C=O) groups excluding carboxylic acids is 1. The van der Waals surface area contributed by atoms with Crippen molar-refractivity contribution in [3.63, 3.8) is 0 Å². The number of nitrogens with zero attached hydrogens (tertiary/aromatic N) is 2. The first-order valence-corrected chi connectivity index (χ1v) is 10.8. The van der Waals surface area contributed by atoms with E-state index >= 15 is 0 Å². The molecule has 2 aromatic rings. The molecule has 1 unspecified atom stereocenters. The maximum absolute atomic E-state index is 14.5. The fourth-order valence-corrected chi connectivity index (χ4v) is 5.18. The van der Waals surface area contributed by atoms with Gasteiger partial charge in [0.15, 0.2) is 5.78 Å². The summed E-state index contributed by atoms with van der Waals surface area (Å²) >= 11 is 1.53. The number of hydrogen-bond donors (Lipinski definition) is 0. The van der Waals surface area contributed by atoms with Crippen LogP contribution in [-0.2, 0) is 4.79 Å². The van der Waals surface area contributed by atoms with E-state index in [-0.39, 0.29) is 33.4 Å². The number of piperidine rings is 1. The number of Topliss-reactive ketones (excluding diaryl/α,β-unsaturated/α-hetero) is 1. The van der Waals surface area contributed by atoms with E-state index in [1.165, 1.54) is 23.9 Å². The van der Waals surface area contributed by atoms with Gasteiger partial charge in [-0.25, -0.2) is 4.39 Å². The van der Waals surface area contributed by atoms with E-state index in [9.17, 15) is 19.3 Å². The van der Waals surface area contributed by atoms with Crippen LogP contribution in [0.15, 0.2) is 53.4 Å². The summed E-state index contributed by atoms with van der Waals surface area (Å²) in [6, 6.07) is 12.8. The summed E-state index contributed by atoms with van der Waals surface area (Å²) in [5, 5.41) is 11.5. The minimum absolute atomic E-state index is 0.0543. The number of hydrogen-bond acceptors (Lipinski definition) is 5. The van der Waals surface area contributed by atoms with Crippen molar-refractivity contribution in [3.05, 3.63) is 70.0 Å². The lowest BCUT2D eigenvalue weighted by Crippen LogP contribution is -2.41. The Kier molecular flexibility index (Phi) is 5.96. The monoisotopic (exact) mass is 414 g/mol. The van der Waals surface area contributed by atoms with E-state index in [0.29, 0.717) is 23.5 Å². The number of para-hydroxylation sites is 1. The van der Waals surface area contributed by atoms with E-state index in [4.69, 9.17) is 0 Å². The van der Waals surface area contributed by atoms with Crippen molar-refractivity contribution in [1.29, 1.82) is 0 Å². The lowest BCUT2D eigenvalue weighted by Gasteiger charge is -2.37. The Morgan fingerprint density at radius 1 is 1.07 bits per heavy atom. The highest BCUT2D eigenvalue weighted by molar-refractivity contribution is 8.00. The Labute approximate surface area is 173 Å². The fraction of sp³-hybridized carbons (Fsp3) is 0.409. The molecule has 2 aliphatic rings. The predicted octanol–water partition coefficient (Wildman–Crippen LogP) is 5.01. The van der Waals surface area contributed by atoms with Crippen molar-refractivity contribution in [3.8, 4) is 0 Å². The van der Waals surface area contributed by atoms with Crippen molar-refractivity contribution in [2.24, 2.45) is 5.92 Å². The van der Waals surface area contributed by atoms with Crippen LogP contribution in [0.4, 0.5) is 10.1 Å². The normalized spacial score (nSPS) is 19.1. The van der Waals surface area contributed by atoms with E-state index < -0.39 is 6.04 Å². The first kappa shape index (κ1) is 20.0. The third kappa shape index (κ3) is 4.51. The highest BCUT2D eigenvalue weighted by atomic mass is 32.2. The van der Waals surface area contributed by atoms with Crippen LogP contribution in [0.5, 0.6) is 0 Å². The standard InChI is InChI=1S/C22H23FN2O3S/c23-18-6-2-1-5-17(18)21(22(26)15-9-10-15)24-13-11-16(12-14-24)29-20-8-4-3-7-19(20)25(27)28/h1-8,15-16,21H,9-14H2. The second-order valence-corrected chi connectivity index (χ2v) is 9.02. The van der Waals surface area contributed by atoms with Gasteiger partial charge in [-0.2, -0.15) is 0 Å². The molecule has 1 saturated carbocycles. The zero-order valence-electron chi connectivity index (χ0n) is 16.0. The number of nitro benzene ring substituents is 1. The molecule has 1 aliphatic carbocycles. The molecule has 0 aromatic heterocycles. The third-order valence-electron chi connectivity index (χ3n) is 5.65. The highest BCUT2D eigenvalue weighted by Crippen LogP contribution is 2.41. The van der Waals surface area contributed by atoms with E-state index in [2.05, 4.69) is 4.90 Å². The summed E-state index contributed by atoms with van der Waals surface area (Å²) in [6.07, 6.45) is 3.40. The number of thioether (sulfide) groups is 1. The average Bonchev–Trinajstić information content (AvgIpc) is 3.56. The van der Waals surface area contributed by atoms with Crippen molar-refractivity contribution in [2.45, 2.75) is 41.9 Å². The Hall–Kier alpha value is -2.25. The third-order valence-corrected chi connectivity index (χ3v) is 7.05. The molecule has 1 saturated heterocycles. The van der Waals surface area contributed by atoms with Crippen LogP contribution in [0.25, 0.3) is 0 Å². The topological polar surface area (TPSA) is 63.5 Å². The van der Waals surface area contributed by atoms with Gasteiger partial charge in [-0.1, -0.05) is 30.3 Å². The second-order valence-electron chi connectivity index (χ2n) is 7.68. The van der Waals surface area contributed by atoms with Crippen LogP contribution < -0.4 is 0 Å². The molecule has 152 valence electrons. The summed E-state index contributed by atoms with van der Waals surface area (Å²) in [6.45, 7) is 1.35. The van der Waals surface area contributed by atoms with Gasteiger partial charge in [0.25, 0.3) is 5.69 Å². The zero-order chi connectivity index (χ0) is 20.4. The fourth-order valence-electron chi connectivity index (χ4n) is 3.96. The molecule has 0 spiro atoms. The largest absolute Gasteiger partial charge is 0.297 e. The van der Waals surface area contributed by atoms with Crippen LogP contribution in [0.1, 0.15) is 37.3 Å². The van der Waals surface area contributed by atoms with Gasteiger partial charge in [0.2, 0.25) is 0 Å². The molecule has 7 heteroatoms. The Morgan fingerprint density at radius 2 is 1.72 bits per heavy atom. The van der Waals surface area contributed by atoms with Crippen molar-refractivity contribution in [2.75, 3.05) is 13.1 Å². The first-order chi connectivity index (χ1) is 14.0. The number of rotatable bonds is 7. The second kappa shape index (κ2) is 8.63. The molecule has 2 fully saturated rings. The minimum atomic E-state index is -0.527. The van der Waals surface area contributed by atoms with Gasteiger partial charge in [0.1, 0.15) is 5.82 Å². The van der Waals surface area contributed by atoms with Gasteiger partial charge in [-0.15, -0.1) is 11.8 Å². The Bertz CT molecular complexity index is 910. The smallest absolute Gasteiger partial charge is 0.282 e. The Morgan fingerprint density at radius 3 is 2.38 bits per heavy atom. The van der Waals surface area contributed by atoms with Crippen LogP contribution in [0.3, 0.4) is 0 Å². The SMILES string of the molecule is O=C(C1CC1)C(c1ccccc1F)N1CCC(Sc2ccccc2[N+](=O)[O-])CC1. The lowest BCUT2D eigenvalue weighted by atomic mass is 9.95. The molecule has 4 rings (SSSR count). The minimum Gasteiger partial charge on any atom is -0.297 e. The van der Waals surface area contributed by atoms with Gasteiger partial charge in [-0.05, 0) is 37.8 Å². The number of likely N-dealkylation sites (tertiary alicyclic amines) is 1. The molecule has 2 aromatic carbocycles. The molecular formula is C22H23FN2O3S.